The molecule has 1 aliphatic rings. The number of carbonyl (C=O) groups excluding carboxylic acids is 1. The summed E-state index contributed by atoms with van der Waals surface area (Å²) in [5, 5.41) is 0.693. The van der Waals surface area contributed by atoms with E-state index < -0.39 is 0 Å². The SMILES string of the molecule is COC(=O)CN1c2cc(Cl)ccc2C(C)CC1(C)C. The van der Waals surface area contributed by atoms with E-state index in [0.29, 0.717) is 10.9 Å². The van der Waals surface area contributed by atoms with Crippen LogP contribution < -0.4 is 4.90 Å². The molecule has 1 unspecified atom stereocenters. The molecule has 0 saturated carbocycles. The molecule has 1 aliphatic heterocycles. The highest BCUT2D eigenvalue weighted by Gasteiger charge is 2.37. The lowest BCUT2D eigenvalue weighted by molar-refractivity contribution is -0.139. The van der Waals surface area contributed by atoms with Gasteiger partial charge in [0.05, 0.1) is 7.11 Å². The van der Waals surface area contributed by atoms with Crippen molar-refractivity contribution in [3.8, 4) is 0 Å². The number of methoxy groups -OCH3 is 1. The molecule has 0 spiro atoms. The minimum atomic E-state index is -0.228. The Balaban J connectivity index is 2.47. The molecule has 1 atom stereocenters. The van der Waals surface area contributed by atoms with Crippen LogP contribution in [0.15, 0.2) is 18.2 Å². The molecule has 0 bridgehead atoms. The quantitative estimate of drug-likeness (QED) is 0.776. The highest BCUT2D eigenvalue weighted by atomic mass is 35.5. The number of ether oxygens (including phenoxy) is 1. The van der Waals surface area contributed by atoms with Crippen molar-refractivity contribution in [2.45, 2.75) is 38.6 Å². The van der Waals surface area contributed by atoms with Crippen LogP contribution in [0.3, 0.4) is 0 Å². The number of rotatable bonds is 2. The normalized spacial score (nSPS) is 20.9. The first-order valence-corrected chi connectivity index (χ1v) is 6.87. The average molecular weight is 282 g/mol. The number of halogens is 1. The highest BCUT2D eigenvalue weighted by molar-refractivity contribution is 6.30. The summed E-state index contributed by atoms with van der Waals surface area (Å²) in [6, 6.07) is 5.91. The fourth-order valence-corrected chi connectivity index (χ4v) is 3.12. The molecule has 1 heterocycles. The maximum absolute atomic E-state index is 11.6. The Labute approximate surface area is 119 Å². The van der Waals surface area contributed by atoms with E-state index in [-0.39, 0.29) is 18.1 Å². The smallest absolute Gasteiger partial charge is 0.325 e. The van der Waals surface area contributed by atoms with Crippen molar-refractivity contribution in [2.75, 3.05) is 18.6 Å². The third-order valence-electron chi connectivity index (χ3n) is 3.87. The van der Waals surface area contributed by atoms with Crippen molar-refractivity contribution >= 4 is 23.3 Å². The summed E-state index contributed by atoms with van der Waals surface area (Å²) in [6.07, 6.45) is 0.999. The van der Waals surface area contributed by atoms with Crippen molar-refractivity contribution in [3.05, 3.63) is 28.8 Å². The largest absolute Gasteiger partial charge is 0.468 e. The van der Waals surface area contributed by atoms with Crippen molar-refractivity contribution in [1.29, 1.82) is 0 Å². The molecule has 4 heteroatoms. The summed E-state index contributed by atoms with van der Waals surface area (Å²) in [5.41, 5.74) is 2.19. The molecule has 0 saturated heterocycles. The topological polar surface area (TPSA) is 29.5 Å². The van der Waals surface area contributed by atoms with Gasteiger partial charge in [0, 0.05) is 16.2 Å². The zero-order chi connectivity index (χ0) is 14.2. The van der Waals surface area contributed by atoms with Gasteiger partial charge in [-0.05, 0) is 43.9 Å². The minimum Gasteiger partial charge on any atom is -0.468 e. The number of fused-ring (bicyclic) bond motifs is 1. The van der Waals surface area contributed by atoms with Gasteiger partial charge in [0.2, 0.25) is 0 Å². The first-order chi connectivity index (χ1) is 8.85. The van der Waals surface area contributed by atoms with E-state index in [2.05, 4.69) is 31.7 Å². The lowest BCUT2D eigenvalue weighted by atomic mass is 9.80. The van der Waals surface area contributed by atoms with E-state index >= 15 is 0 Å². The van der Waals surface area contributed by atoms with E-state index in [1.54, 1.807) is 0 Å². The van der Waals surface area contributed by atoms with Crippen LogP contribution in [0.25, 0.3) is 0 Å². The molecule has 0 N–H and O–H groups in total. The van der Waals surface area contributed by atoms with Gasteiger partial charge >= 0.3 is 5.97 Å². The zero-order valence-corrected chi connectivity index (χ0v) is 12.6. The summed E-state index contributed by atoms with van der Waals surface area (Å²) >= 11 is 6.11. The Bertz CT molecular complexity index is 499. The van der Waals surface area contributed by atoms with Crippen LogP contribution in [-0.2, 0) is 9.53 Å². The van der Waals surface area contributed by atoms with Crippen LogP contribution in [0.2, 0.25) is 5.02 Å². The third-order valence-corrected chi connectivity index (χ3v) is 4.10. The van der Waals surface area contributed by atoms with Gasteiger partial charge < -0.3 is 9.64 Å². The summed E-state index contributed by atoms with van der Waals surface area (Å²) in [5.74, 6) is 0.227. The highest BCUT2D eigenvalue weighted by Crippen LogP contribution is 2.43. The van der Waals surface area contributed by atoms with Crippen LogP contribution in [0.5, 0.6) is 0 Å². The molecule has 2 rings (SSSR count). The number of nitrogens with zero attached hydrogens (tertiary/aromatic N) is 1. The number of carbonyl (C=O) groups is 1. The third kappa shape index (κ3) is 2.71. The summed E-state index contributed by atoms with van der Waals surface area (Å²) in [6.45, 7) is 6.76. The molecule has 0 aromatic heterocycles. The molecule has 3 nitrogen and oxygen atoms in total. The van der Waals surface area contributed by atoms with Gasteiger partial charge in [0.1, 0.15) is 6.54 Å². The Morgan fingerprint density at radius 1 is 1.53 bits per heavy atom. The predicted octanol–water partition coefficient (Wildman–Crippen LogP) is 3.61. The van der Waals surface area contributed by atoms with Crippen LogP contribution in [-0.4, -0.2) is 25.2 Å². The van der Waals surface area contributed by atoms with Gasteiger partial charge in [0.25, 0.3) is 0 Å². The van der Waals surface area contributed by atoms with Gasteiger partial charge in [-0.1, -0.05) is 24.6 Å². The van der Waals surface area contributed by atoms with Gasteiger partial charge in [-0.15, -0.1) is 0 Å². The fraction of sp³-hybridized carbons (Fsp3) is 0.533. The number of anilines is 1. The van der Waals surface area contributed by atoms with Crippen LogP contribution in [0, 0.1) is 0 Å². The fourth-order valence-electron chi connectivity index (χ4n) is 2.96. The predicted molar refractivity (Wildman–Crippen MR) is 77.9 cm³/mol. The second-order valence-corrected chi connectivity index (χ2v) is 6.22. The molecule has 104 valence electrons. The first-order valence-electron chi connectivity index (χ1n) is 6.49. The van der Waals surface area contributed by atoms with Gasteiger partial charge in [-0.3, -0.25) is 4.79 Å². The van der Waals surface area contributed by atoms with Crippen molar-refractivity contribution < 1.29 is 9.53 Å². The van der Waals surface area contributed by atoms with Crippen molar-refractivity contribution in [1.82, 2.24) is 0 Å². The van der Waals surface area contributed by atoms with Crippen LogP contribution >= 0.6 is 11.6 Å². The van der Waals surface area contributed by atoms with E-state index in [4.69, 9.17) is 16.3 Å². The number of hydrogen-bond acceptors (Lipinski definition) is 3. The molecular weight excluding hydrogens is 262 g/mol. The monoisotopic (exact) mass is 281 g/mol. The Kier molecular flexibility index (Phi) is 3.77. The number of hydrogen-bond donors (Lipinski definition) is 0. The maximum Gasteiger partial charge on any atom is 0.325 e. The van der Waals surface area contributed by atoms with Crippen molar-refractivity contribution in [3.63, 3.8) is 0 Å². The molecule has 0 radical (unpaired) electrons. The number of benzene rings is 1. The van der Waals surface area contributed by atoms with E-state index in [1.807, 2.05) is 12.1 Å². The van der Waals surface area contributed by atoms with E-state index in [1.165, 1.54) is 12.7 Å². The molecule has 0 fully saturated rings. The Morgan fingerprint density at radius 2 is 2.21 bits per heavy atom. The second kappa shape index (κ2) is 5.04. The number of esters is 1. The summed E-state index contributed by atoms with van der Waals surface area (Å²) in [4.78, 5) is 13.7. The Morgan fingerprint density at radius 3 is 2.84 bits per heavy atom. The summed E-state index contributed by atoms with van der Waals surface area (Å²) < 4.78 is 4.80. The van der Waals surface area contributed by atoms with E-state index in [9.17, 15) is 4.79 Å². The zero-order valence-electron chi connectivity index (χ0n) is 11.9. The molecule has 0 aliphatic carbocycles. The lowest BCUT2D eigenvalue weighted by Crippen LogP contribution is -2.50. The minimum absolute atomic E-state index is 0.0920. The first kappa shape index (κ1) is 14.2. The van der Waals surface area contributed by atoms with Crippen LogP contribution in [0.4, 0.5) is 5.69 Å². The van der Waals surface area contributed by atoms with Gasteiger partial charge in [0.15, 0.2) is 0 Å². The maximum atomic E-state index is 11.6. The standard InChI is InChI=1S/C15H20ClNO2/c1-10-8-15(2,3)17(9-14(18)19-4)13-7-11(16)5-6-12(10)13/h5-7,10H,8-9H2,1-4H3. The van der Waals surface area contributed by atoms with Gasteiger partial charge in [-0.25, -0.2) is 0 Å². The molecule has 19 heavy (non-hydrogen) atoms. The van der Waals surface area contributed by atoms with Crippen molar-refractivity contribution in [2.24, 2.45) is 0 Å². The second-order valence-electron chi connectivity index (χ2n) is 5.78. The lowest BCUT2D eigenvalue weighted by Gasteiger charge is -2.47. The molecule has 1 aromatic carbocycles. The van der Waals surface area contributed by atoms with Gasteiger partial charge in [-0.2, -0.15) is 0 Å². The average Bonchev–Trinajstić information content (AvgIpc) is 2.33. The Hall–Kier alpha value is -1.22. The molecule has 0 amide bonds. The van der Waals surface area contributed by atoms with E-state index in [0.717, 1.165) is 12.1 Å². The molecule has 1 aromatic rings. The summed E-state index contributed by atoms with van der Waals surface area (Å²) in [7, 11) is 1.42. The van der Waals surface area contributed by atoms with Crippen LogP contribution in [0.1, 0.15) is 38.7 Å². The molecular formula is C15H20ClNO2.